The van der Waals surface area contributed by atoms with Crippen molar-refractivity contribution >= 4 is 29.4 Å². The van der Waals surface area contributed by atoms with Crippen LogP contribution in [0.5, 0.6) is 5.75 Å². The van der Waals surface area contributed by atoms with Gasteiger partial charge in [0.25, 0.3) is 0 Å². The van der Waals surface area contributed by atoms with Crippen molar-refractivity contribution in [2.45, 2.75) is 82.4 Å². The van der Waals surface area contributed by atoms with Gasteiger partial charge in [0.2, 0.25) is 0 Å². The number of hydrogen-bond acceptors (Lipinski definition) is 4. The Bertz CT molecular complexity index is 1180. The van der Waals surface area contributed by atoms with Gasteiger partial charge in [0, 0.05) is 47.8 Å². The maximum atomic E-state index is 10.8. The van der Waals surface area contributed by atoms with E-state index < -0.39 is 5.97 Å². The summed E-state index contributed by atoms with van der Waals surface area (Å²) in [6, 6.07) is 14.8. The van der Waals surface area contributed by atoms with E-state index in [4.69, 9.17) is 21.4 Å². The molecule has 5 rings (SSSR count). The zero-order valence-corrected chi connectivity index (χ0v) is 22.3. The highest BCUT2D eigenvalue weighted by Crippen LogP contribution is 2.50. The van der Waals surface area contributed by atoms with Crippen LogP contribution in [-0.4, -0.2) is 35.5 Å². The molecule has 0 aromatic heterocycles. The van der Waals surface area contributed by atoms with Crippen molar-refractivity contribution in [3.05, 3.63) is 70.3 Å². The zero-order chi connectivity index (χ0) is 25.8. The molecule has 0 spiro atoms. The second kappa shape index (κ2) is 11.4. The lowest BCUT2D eigenvalue weighted by molar-refractivity contribution is -0.137. The first-order valence-electron chi connectivity index (χ1n) is 13.7. The van der Waals surface area contributed by atoms with Crippen molar-refractivity contribution in [2.75, 3.05) is 6.54 Å². The van der Waals surface area contributed by atoms with Crippen LogP contribution >= 0.6 is 11.6 Å². The fraction of sp³-hybridized carbons (Fsp3) is 0.484. The highest BCUT2D eigenvalue weighted by molar-refractivity contribution is 6.31. The Balaban J connectivity index is 1.27. The molecule has 0 amide bonds. The number of para-hydroxylation sites is 1. The van der Waals surface area contributed by atoms with Gasteiger partial charge in [-0.25, -0.2) is 0 Å². The Kier molecular flexibility index (Phi) is 8.01. The van der Waals surface area contributed by atoms with E-state index in [1.165, 1.54) is 16.7 Å². The van der Waals surface area contributed by atoms with E-state index in [1.807, 2.05) is 12.3 Å². The Hall–Kier alpha value is -2.63. The lowest BCUT2D eigenvalue weighted by atomic mass is 9.83. The molecule has 2 atom stereocenters. The SMILES string of the molecule is CC(CCCCC(=O)O)c1ccc(Cl)c(CNC2(C3CN=CC=C3c3ccccc3OC3CC3)CC2)c1. The number of carboxylic acid groups (broad SMARTS) is 1. The van der Waals surface area contributed by atoms with Crippen molar-refractivity contribution < 1.29 is 14.6 Å². The number of ether oxygens (including phenoxy) is 1. The third kappa shape index (κ3) is 6.45. The number of aliphatic imine (C=N–C) groups is 1. The molecular formula is C31H37ClN2O3. The van der Waals surface area contributed by atoms with Crippen LogP contribution in [0.25, 0.3) is 5.57 Å². The van der Waals surface area contributed by atoms with Crippen molar-refractivity contribution in [2.24, 2.45) is 10.9 Å². The van der Waals surface area contributed by atoms with Gasteiger partial charge >= 0.3 is 5.97 Å². The maximum Gasteiger partial charge on any atom is 0.303 e. The van der Waals surface area contributed by atoms with Crippen LogP contribution in [-0.2, 0) is 11.3 Å². The summed E-state index contributed by atoms with van der Waals surface area (Å²) in [7, 11) is 0. The minimum Gasteiger partial charge on any atom is -0.490 e. The number of allylic oxidation sites excluding steroid dienone is 1. The molecule has 2 aromatic carbocycles. The number of unbranched alkanes of at least 4 members (excludes halogenated alkanes) is 1. The molecule has 37 heavy (non-hydrogen) atoms. The first-order chi connectivity index (χ1) is 17.9. The van der Waals surface area contributed by atoms with Crippen LogP contribution in [0.1, 0.15) is 80.9 Å². The van der Waals surface area contributed by atoms with Gasteiger partial charge in [-0.3, -0.25) is 9.79 Å². The van der Waals surface area contributed by atoms with E-state index in [2.05, 4.69) is 59.7 Å². The minimum atomic E-state index is -0.720. The summed E-state index contributed by atoms with van der Waals surface area (Å²) in [6.45, 7) is 3.70. The number of benzene rings is 2. The molecule has 2 fully saturated rings. The number of nitrogens with zero attached hydrogens (tertiary/aromatic N) is 1. The highest BCUT2D eigenvalue weighted by atomic mass is 35.5. The zero-order valence-electron chi connectivity index (χ0n) is 21.6. The summed E-state index contributed by atoms with van der Waals surface area (Å²) in [5.74, 6) is 0.920. The molecule has 3 aliphatic rings. The fourth-order valence-electron chi connectivity index (χ4n) is 5.42. The molecule has 0 saturated heterocycles. The Morgan fingerprint density at radius 2 is 2.03 bits per heavy atom. The molecule has 6 heteroatoms. The van der Waals surface area contributed by atoms with E-state index >= 15 is 0 Å². The third-order valence-corrected chi connectivity index (χ3v) is 8.41. The fourth-order valence-corrected chi connectivity index (χ4v) is 5.61. The van der Waals surface area contributed by atoms with E-state index in [0.29, 0.717) is 18.6 Å². The smallest absolute Gasteiger partial charge is 0.303 e. The number of hydrogen-bond donors (Lipinski definition) is 2. The topological polar surface area (TPSA) is 70.9 Å². The molecule has 0 bridgehead atoms. The van der Waals surface area contributed by atoms with Gasteiger partial charge in [-0.05, 0) is 79.4 Å². The lowest BCUT2D eigenvalue weighted by Crippen LogP contribution is -2.41. The third-order valence-electron chi connectivity index (χ3n) is 8.04. The van der Waals surface area contributed by atoms with Crippen molar-refractivity contribution in [3.8, 4) is 5.75 Å². The molecule has 2 saturated carbocycles. The average Bonchev–Trinajstić information content (AvgIpc) is 3.83. The van der Waals surface area contributed by atoms with E-state index in [1.54, 1.807) is 0 Å². The molecule has 2 aromatic rings. The standard InChI is InChI=1S/C31H37ClN2O3/c1-21(6-2-5-9-30(35)36)22-10-13-28(32)23(18-22)19-34-31(15-16-31)27-20-33-17-14-25(27)26-7-3-4-8-29(26)37-24-11-12-24/h3-4,7-8,10,13-14,17-18,21,24,27,34H,2,5-6,9,11-12,15-16,19-20H2,1H3,(H,35,36). The minimum absolute atomic E-state index is 0.0120. The van der Waals surface area contributed by atoms with Crippen LogP contribution in [0.3, 0.4) is 0 Å². The van der Waals surface area contributed by atoms with Crippen LogP contribution in [0, 0.1) is 5.92 Å². The van der Waals surface area contributed by atoms with Crippen LogP contribution in [0.2, 0.25) is 5.02 Å². The molecule has 0 radical (unpaired) electrons. The first-order valence-corrected chi connectivity index (χ1v) is 14.0. The molecular weight excluding hydrogens is 484 g/mol. The van der Waals surface area contributed by atoms with Gasteiger partial charge < -0.3 is 15.2 Å². The normalized spacial score (nSPS) is 20.8. The van der Waals surface area contributed by atoms with E-state index in [-0.39, 0.29) is 17.9 Å². The monoisotopic (exact) mass is 520 g/mol. The Morgan fingerprint density at radius 1 is 1.22 bits per heavy atom. The maximum absolute atomic E-state index is 10.8. The lowest BCUT2D eigenvalue weighted by Gasteiger charge is -2.32. The van der Waals surface area contributed by atoms with Gasteiger partial charge in [-0.2, -0.15) is 0 Å². The predicted octanol–water partition coefficient (Wildman–Crippen LogP) is 7.04. The summed E-state index contributed by atoms with van der Waals surface area (Å²) in [5.41, 5.74) is 4.89. The van der Waals surface area contributed by atoms with Crippen LogP contribution < -0.4 is 10.1 Å². The number of aliphatic carboxylic acids is 1. The summed E-state index contributed by atoms with van der Waals surface area (Å²) in [6.07, 6.45) is 11.8. The second-order valence-electron chi connectivity index (χ2n) is 10.9. The largest absolute Gasteiger partial charge is 0.490 e. The molecule has 2 unspecified atom stereocenters. The molecule has 1 aliphatic heterocycles. The molecule has 1 heterocycles. The van der Waals surface area contributed by atoms with Gasteiger partial charge in [0.1, 0.15) is 5.75 Å². The van der Waals surface area contributed by atoms with E-state index in [9.17, 15) is 4.79 Å². The average molecular weight is 521 g/mol. The Labute approximate surface area is 225 Å². The van der Waals surface area contributed by atoms with Gasteiger partial charge in [-0.1, -0.05) is 55.3 Å². The first kappa shape index (κ1) is 26.0. The molecule has 2 aliphatic carbocycles. The summed E-state index contributed by atoms with van der Waals surface area (Å²) in [4.78, 5) is 15.4. The van der Waals surface area contributed by atoms with Crippen molar-refractivity contribution in [1.29, 1.82) is 0 Å². The van der Waals surface area contributed by atoms with Gasteiger partial charge in [0.15, 0.2) is 0 Å². The second-order valence-corrected chi connectivity index (χ2v) is 11.3. The predicted molar refractivity (Wildman–Crippen MR) is 150 cm³/mol. The molecule has 196 valence electrons. The number of carbonyl (C=O) groups is 1. The van der Waals surface area contributed by atoms with Gasteiger partial charge in [0.05, 0.1) is 6.10 Å². The highest BCUT2D eigenvalue weighted by Gasteiger charge is 2.51. The number of carboxylic acids is 1. The number of rotatable bonds is 13. The van der Waals surface area contributed by atoms with Crippen molar-refractivity contribution in [1.82, 2.24) is 5.32 Å². The van der Waals surface area contributed by atoms with E-state index in [0.717, 1.165) is 67.8 Å². The summed E-state index contributed by atoms with van der Waals surface area (Å²) in [5, 5.41) is 13.6. The Morgan fingerprint density at radius 3 is 2.78 bits per heavy atom. The van der Waals surface area contributed by atoms with Crippen LogP contribution in [0.4, 0.5) is 0 Å². The molecule has 5 nitrogen and oxygen atoms in total. The van der Waals surface area contributed by atoms with Crippen molar-refractivity contribution in [3.63, 3.8) is 0 Å². The number of dihydropyridines is 1. The van der Waals surface area contributed by atoms with Crippen LogP contribution in [0.15, 0.2) is 53.5 Å². The molecule has 2 N–H and O–H groups in total. The summed E-state index contributed by atoms with van der Waals surface area (Å²) < 4.78 is 6.27. The summed E-state index contributed by atoms with van der Waals surface area (Å²) >= 11 is 6.64. The quantitative estimate of drug-likeness (QED) is 0.278. The van der Waals surface area contributed by atoms with Gasteiger partial charge in [-0.15, -0.1) is 0 Å². The number of halogens is 1. The number of nitrogens with one attached hydrogen (secondary N) is 1.